The van der Waals surface area contributed by atoms with Crippen LogP contribution in [-0.4, -0.2) is 32.1 Å². The second kappa shape index (κ2) is 9.80. The van der Waals surface area contributed by atoms with E-state index in [0.29, 0.717) is 22.5 Å². The van der Waals surface area contributed by atoms with Crippen molar-refractivity contribution in [2.75, 3.05) is 22.4 Å². The summed E-state index contributed by atoms with van der Waals surface area (Å²) in [5, 5.41) is 2.31. The molecule has 2 aromatic carbocycles. The summed E-state index contributed by atoms with van der Waals surface area (Å²) in [6.45, 7) is -0.751. The molecule has 0 aliphatic carbocycles. The van der Waals surface area contributed by atoms with Crippen LogP contribution in [0.1, 0.15) is 16.7 Å². The highest BCUT2D eigenvalue weighted by Crippen LogP contribution is 2.36. The molecule has 0 saturated heterocycles. The first-order chi connectivity index (χ1) is 15.4. The number of rotatable bonds is 7. The highest BCUT2D eigenvalue weighted by atomic mass is 35.5. The van der Waals surface area contributed by atoms with E-state index in [4.69, 9.17) is 11.6 Å². The van der Waals surface area contributed by atoms with Gasteiger partial charge < -0.3 is 5.32 Å². The number of pyridine rings is 1. The van der Waals surface area contributed by atoms with Gasteiger partial charge in [-0.2, -0.15) is 13.2 Å². The molecule has 0 saturated carbocycles. The van der Waals surface area contributed by atoms with Gasteiger partial charge in [0.2, 0.25) is 15.9 Å². The topological polar surface area (TPSA) is 79.4 Å². The maximum absolute atomic E-state index is 13.1. The molecule has 0 radical (unpaired) electrons. The number of halogens is 4. The number of amides is 1. The Hall–Kier alpha value is -3.11. The lowest BCUT2D eigenvalue weighted by atomic mass is 10.1. The third-order valence-electron chi connectivity index (χ3n) is 4.62. The summed E-state index contributed by atoms with van der Waals surface area (Å²) in [4.78, 5) is 16.5. The van der Waals surface area contributed by atoms with Crippen LogP contribution in [0, 0.1) is 0 Å². The predicted octanol–water partition coefficient (Wildman–Crippen LogP) is 4.75. The second-order valence-corrected chi connectivity index (χ2v) is 9.52. The number of nitrogens with zero attached hydrogens (tertiary/aromatic N) is 2. The van der Waals surface area contributed by atoms with Gasteiger partial charge in [-0.05, 0) is 60.0 Å². The Morgan fingerprint density at radius 3 is 2.21 bits per heavy atom. The number of aromatic nitrogens is 1. The molecule has 6 nitrogen and oxygen atoms in total. The number of hydrogen-bond donors (Lipinski definition) is 1. The van der Waals surface area contributed by atoms with Gasteiger partial charge >= 0.3 is 6.18 Å². The van der Waals surface area contributed by atoms with Crippen molar-refractivity contribution in [3.63, 3.8) is 0 Å². The standard InChI is InChI=1S/C22H19ClF3N3O3S/c1-33(31,32)29(20-13-17(22(24,25)26)4-7-19(20)23)14-21(30)28-18-5-2-15(3-6-18)12-16-8-10-27-11-9-16/h2-11,13H,12,14H2,1H3,(H,28,30). The minimum Gasteiger partial charge on any atom is -0.325 e. The van der Waals surface area contributed by atoms with Gasteiger partial charge in [0.25, 0.3) is 0 Å². The molecule has 0 unspecified atom stereocenters. The Bertz CT molecular complexity index is 1240. The largest absolute Gasteiger partial charge is 0.416 e. The third-order valence-corrected chi connectivity index (χ3v) is 6.07. The molecular formula is C22H19ClF3N3O3S. The summed E-state index contributed by atoms with van der Waals surface area (Å²) < 4.78 is 64.3. The first-order valence-corrected chi connectivity index (χ1v) is 11.8. The first-order valence-electron chi connectivity index (χ1n) is 9.55. The summed E-state index contributed by atoms with van der Waals surface area (Å²) in [7, 11) is -4.12. The summed E-state index contributed by atoms with van der Waals surface area (Å²) in [5.74, 6) is -0.740. The fraction of sp³-hybridized carbons (Fsp3) is 0.182. The number of sulfonamides is 1. The monoisotopic (exact) mass is 497 g/mol. The van der Waals surface area contributed by atoms with Crippen LogP contribution in [0.15, 0.2) is 67.0 Å². The quantitative estimate of drug-likeness (QED) is 0.511. The molecule has 33 heavy (non-hydrogen) atoms. The fourth-order valence-corrected chi connectivity index (χ4v) is 4.16. The summed E-state index contributed by atoms with van der Waals surface area (Å²) in [5.41, 5.74) is 0.927. The van der Waals surface area contributed by atoms with Crippen LogP contribution < -0.4 is 9.62 Å². The van der Waals surface area contributed by atoms with Crippen LogP contribution in [0.5, 0.6) is 0 Å². The van der Waals surface area contributed by atoms with E-state index in [9.17, 15) is 26.4 Å². The summed E-state index contributed by atoms with van der Waals surface area (Å²) >= 11 is 5.97. The van der Waals surface area contributed by atoms with Gasteiger partial charge in [0.1, 0.15) is 6.54 Å². The SMILES string of the molecule is CS(=O)(=O)N(CC(=O)Nc1ccc(Cc2ccncc2)cc1)c1cc(C(F)(F)F)ccc1Cl. The van der Waals surface area contributed by atoms with Gasteiger partial charge in [-0.25, -0.2) is 8.42 Å². The van der Waals surface area contributed by atoms with Gasteiger partial charge in [-0.15, -0.1) is 0 Å². The molecule has 1 N–H and O–H groups in total. The number of benzene rings is 2. The Kier molecular flexibility index (Phi) is 7.28. The van der Waals surface area contributed by atoms with Crippen LogP contribution in [0.25, 0.3) is 0 Å². The van der Waals surface area contributed by atoms with Crippen molar-refractivity contribution >= 4 is 38.9 Å². The fourth-order valence-electron chi connectivity index (χ4n) is 3.03. The molecular weight excluding hydrogens is 479 g/mol. The zero-order valence-electron chi connectivity index (χ0n) is 17.3. The summed E-state index contributed by atoms with van der Waals surface area (Å²) in [6, 6.07) is 12.9. The maximum atomic E-state index is 13.1. The van der Waals surface area contributed by atoms with E-state index >= 15 is 0 Å². The van der Waals surface area contributed by atoms with E-state index in [-0.39, 0.29) is 5.02 Å². The van der Waals surface area contributed by atoms with Crippen LogP contribution in [0.2, 0.25) is 5.02 Å². The van der Waals surface area contributed by atoms with Crippen molar-refractivity contribution in [2.24, 2.45) is 0 Å². The van der Waals surface area contributed by atoms with Crippen molar-refractivity contribution in [3.8, 4) is 0 Å². The minimum atomic E-state index is -4.71. The number of nitrogens with one attached hydrogen (secondary N) is 1. The lowest BCUT2D eigenvalue weighted by molar-refractivity contribution is -0.137. The van der Waals surface area contributed by atoms with E-state index < -0.39 is 39.9 Å². The van der Waals surface area contributed by atoms with Crippen molar-refractivity contribution < 1.29 is 26.4 Å². The van der Waals surface area contributed by atoms with Crippen molar-refractivity contribution in [3.05, 3.63) is 88.7 Å². The van der Waals surface area contributed by atoms with E-state index in [1.54, 1.807) is 36.7 Å². The highest BCUT2D eigenvalue weighted by molar-refractivity contribution is 7.92. The second-order valence-electron chi connectivity index (χ2n) is 7.21. The lowest BCUT2D eigenvalue weighted by Gasteiger charge is -2.24. The van der Waals surface area contributed by atoms with E-state index in [1.807, 2.05) is 12.1 Å². The number of anilines is 2. The maximum Gasteiger partial charge on any atom is 0.416 e. The Morgan fingerprint density at radius 2 is 1.64 bits per heavy atom. The lowest BCUT2D eigenvalue weighted by Crippen LogP contribution is -2.37. The Balaban J connectivity index is 1.75. The number of carbonyl (C=O) groups is 1. The van der Waals surface area contributed by atoms with Crippen LogP contribution in [0.3, 0.4) is 0 Å². The van der Waals surface area contributed by atoms with Gasteiger partial charge in [0, 0.05) is 18.1 Å². The Morgan fingerprint density at radius 1 is 1.03 bits per heavy atom. The molecule has 0 spiro atoms. The zero-order valence-corrected chi connectivity index (χ0v) is 18.9. The summed E-state index contributed by atoms with van der Waals surface area (Å²) in [6.07, 6.45) is 0.114. The zero-order chi connectivity index (χ0) is 24.2. The molecule has 1 heterocycles. The van der Waals surface area contributed by atoms with Crippen LogP contribution >= 0.6 is 11.6 Å². The molecule has 1 amide bonds. The molecule has 174 valence electrons. The predicted molar refractivity (Wildman–Crippen MR) is 121 cm³/mol. The molecule has 0 fully saturated rings. The van der Waals surface area contributed by atoms with Crippen LogP contribution in [0.4, 0.5) is 24.5 Å². The molecule has 0 bridgehead atoms. The smallest absolute Gasteiger partial charge is 0.325 e. The molecule has 0 aliphatic rings. The minimum absolute atomic E-state index is 0.235. The van der Waals surface area contributed by atoms with Gasteiger partial charge in [0.05, 0.1) is 22.5 Å². The first kappa shape index (κ1) is 24.5. The Labute approximate surface area is 194 Å². The number of alkyl halides is 3. The average Bonchev–Trinajstić information content (AvgIpc) is 2.73. The van der Waals surface area contributed by atoms with Crippen molar-refractivity contribution in [2.45, 2.75) is 12.6 Å². The van der Waals surface area contributed by atoms with Gasteiger partial charge in [0.15, 0.2) is 0 Å². The normalized spacial score (nSPS) is 11.8. The number of carbonyl (C=O) groups excluding carboxylic acids is 1. The van der Waals surface area contributed by atoms with Gasteiger partial charge in [-0.1, -0.05) is 23.7 Å². The third kappa shape index (κ3) is 6.69. The van der Waals surface area contributed by atoms with E-state index in [0.717, 1.165) is 29.5 Å². The molecule has 0 aliphatic heterocycles. The molecule has 3 aromatic rings. The molecule has 3 rings (SSSR count). The molecule has 11 heteroatoms. The van der Waals surface area contributed by atoms with Gasteiger partial charge in [-0.3, -0.25) is 14.1 Å². The van der Waals surface area contributed by atoms with Crippen molar-refractivity contribution in [1.29, 1.82) is 0 Å². The van der Waals surface area contributed by atoms with Crippen LogP contribution in [-0.2, 0) is 27.4 Å². The average molecular weight is 498 g/mol. The molecule has 1 aromatic heterocycles. The van der Waals surface area contributed by atoms with E-state index in [1.165, 1.54) is 0 Å². The number of hydrogen-bond acceptors (Lipinski definition) is 4. The van der Waals surface area contributed by atoms with E-state index in [2.05, 4.69) is 10.3 Å². The molecule has 0 atom stereocenters. The van der Waals surface area contributed by atoms with Crippen molar-refractivity contribution in [1.82, 2.24) is 4.98 Å². The highest BCUT2D eigenvalue weighted by Gasteiger charge is 2.33.